The van der Waals surface area contributed by atoms with Crippen molar-refractivity contribution in [1.82, 2.24) is 15.0 Å². The Labute approximate surface area is 99.2 Å². The van der Waals surface area contributed by atoms with Crippen molar-refractivity contribution in [2.24, 2.45) is 0 Å². The number of aromatic amines is 1. The minimum atomic E-state index is 0.942. The fourth-order valence-corrected chi connectivity index (χ4v) is 2.26. The van der Waals surface area contributed by atoms with Crippen molar-refractivity contribution < 1.29 is 0 Å². The molecule has 2 heterocycles. The van der Waals surface area contributed by atoms with Crippen LogP contribution < -0.4 is 5.32 Å². The van der Waals surface area contributed by atoms with Crippen LogP contribution in [0.3, 0.4) is 0 Å². The molecule has 16 heavy (non-hydrogen) atoms. The van der Waals surface area contributed by atoms with Gasteiger partial charge in [0.25, 0.3) is 0 Å². The molecule has 0 fully saturated rings. The Morgan fingerprint density at radius 1 is 1.50 bits per heavy atom. The number of rotatable bonds is 6. The highest BCUT2D eigenvalue weighted by Crippen LogP contribution is 2.15. The lowest BCUT2D eigenvalue weighted by molar-refractivity contribution is 0.815. The highest BCUT2D eigenvalue weighted by atomic mass is 32.1. The quantitative estimate of drug-likeness (QED) is 0.758. The average Bonchev–Trinajstić information content (AvgIpc) is 2.95. The second kappa shape index (κ2) is 5.65. The molecule has 2 aromatic rings. The number of anilines is 1. The molecule has 0 unspecified atom stereocenters. The van der Waals surface area contributed by atoms with Crippen LogP contribution in [0.4, 0.5) is 5.13 Å². The van der Waals surface area contributed by atoms with E-state index in [1.165, 1.54) is 5.69 Å². The normalized spacial score (nSPS) is 10.6. The molecule has 0 saturated carbocycles. The second-order valence-corrected chi connectivity index (χ2v) is 4.42. The Balaban J connectivity index is 1.68. The summed E-state index contributed by atoms with van der Waals surface area (Å²) in [7, 11) is 0. The number of H-pyrrole nitrogens is 1. The number of thiazole rings is 1. The van der Waals surface area contributed by atoms with E-state index in [-0.39, 0.29) is 0 Å². The molecule has 0 spiro atoms. The van der Waals surface area contributed by atoms with Crippen LogP contribution in [0, 0.1) is 0 Å². The summed E-state index contributed by atoms with van der Waals surface area (Å²) in [6, 6.07) is 0. The van der Waals surface area contributed by atoms with Gasteiger partial charge in [-0.15, -0.1) is 11.3 Å². The summed E-state index contributed by atoms with van der Waals surface area (Å²) >= 11 is 1.68. The molecule has 0 radical (unpaired) electrons. The maximum absolute atomic E-state index is 4.45. The third-order valence-corrected chi connectivity index (χ3v) is 3.18. The Hall–Kier alpha value is -1.36. The molecule has 0 aliphatic rings. The van der Waals surface area contributed by atoms with Crippen LogP contribution in [-0.2, 0) is 12.8 Å². The van der Waals surface area contributed by atoms with Crippen molar-refractivity contribution in [2.75, 3.05) is 11.9 Å². The van der Waals surface area contributed by atoms with Crippen molar-refractivity contribution in [3.05, 3.63) is 29.3 Å². The Morgan fingerprint density at radius 3 is 3.12 bits per heavy atom. The molecule has 4 nitrogen and oxygen atoms in total. The third kappa shape index (κ3) is 3.06. The fourth-order valence-electron chi connectivity index (χ4n) is 1.44. The minimum absolute atomic E-state index is 0.942. The van der Waals surface area contributed by atoms with Gasteiger partial charge in [0, 0.05) is 30.7 Å². The summed E-state index contributed by atoms with van der Waals surface area (Å²) in [5, 5.41) is 6.46. The highest BCUT2D eigenvalue weighted by molar-refractivity contribution is 7.13. The van der Waals surface area contributed by atoms with Gasteiger partial charge < -0.3 is 10.3 Å². The molecule has 0 atom stereocenters. The molecule has 0 aromatic carbocycles. The number of imidazole rings is 1. The molecule has 0 aliphatic carbocycles. The summed E-state index contributed by atoms with van der Waals surface area (Å²) in [6.45, 7) is 3.06. The zero-order valence-corrected chi connectivity index (χ0v) is 10.2. The van der Waals surface area contributed by atoms with Crippen LogP contribution in [0.15, 0.2) is 17.8 Å². The predicted molar refractivity (Wildman–Crippen MR) is 66.9 cm³/mol. The first-order valence-corrected chi connectivity index (χ1v) is 6.43. The van der Waals surface area contributed by atoms with Gasteiger partial charge in [0.05, 0.1) is 5.69 Å². The molecule has 2 rings (SSSR count). The maximum Gasteiger partial charge on any atom is 0.182 e. The summed E-state index contributed by atoms with van der Waals surface area (Å²) in [5.41, 5.74) is 1.17. The molecular weight excluding hydrogens is 220 g/mol. The van der Waals surface area contributed by atoms with Crippen LogP contribution in [0.2, 0.25) is 0 Å². The van der Waals surface area contributed by atoms with Crippen LogP contribution in [0.5, 0.6) is 0 Å². The van der Waals surface area contributed by atoms with Crippen molar-refractivity contribution in [2.45, 2.75) is 26.2 Å². The van der Waals surface area contributed by atoms with Gasteiger partial charge in [0.1, 0.15) is 5.82 Å². The van der Waals surface area contributed by atoms with Crippen LogP contribution >= 0.6 is 11.3 Å². The van der Waals surface area contributed by atoms with E-state index in [1.807, 2.05) is 6.20 Å². The Morgan fingerprint density at radius 2 is 2.44 bits per heavy atom. The summed E-state index contributed by atoms with van der Waals surface area (Å²) in [4.78, 5) is 11.7. The first-order valence-electron chi connectivity index (χ1n) is 5.55. The summed E-state index contributed by atoms with van der Waals surface area (Å²) in [6.07, 6.45) is 6.69. The first-order chi connectivity index (χ1) is 7.88. The standard InChI is InChI=1S/C11H16N4S/c1-2-9-8-16-11(15-9)14-5-3-4-10-12-6-7-13-10/h6-8H,2-5H2,1H3,(H,12,13)(H,14,15). The Bertz CT molecular complexity index is 407. The van der Waals surface area contributed by atoms with Crippen LogP contribution in [0.1, 0.15) is 24.9 Å². The number of hydrogen-bond acceptors (Lipinski definition) is 4. The van der Waals surface area contributed by atoms with E-state index in [9.17, 15) is 0 Å². The van der Waals surface area contributed by atoms with E-state index in [4.69, 9.17) is 0 Å². The zero-order chi connectivity index (χ0) is 11.2. The van der Waals surface area contributed by atoms with Crippen molar-refractivity contribution in [3.8, 4) is 0 Å². The highest BCUT2D eigenvalue weighted by Gasteiger charge is 1.99. The predicted octanol–water partition coefficient (Wildman–Crippen LogP) is 2.47. The van der Waals surface area contributed by atoms with Crippen LogP contribution in [-0.4, -0.2) is 21.5 Å². The van der Waals surface area contributed by atoms with Gasteiger partial charge in [0.15, 0.2) is 5.13 Å². The van der Waals surface area contributed by atoms with Gasteiger partial charge in [-0.05, 0) is 12.8 Å². The van der Waals surface area contributed by atoms with E-state index in [0.29, 0.717) is 0 Å². The number of hydrogen-bond donors (Lipinski definition) is 2. The average molecular weight is 236 g/mol. The smallest absolute Gasteiger partial charge is 0.182 e. The summed E-state index contributed by atoms with van der Waals surface area (Å²) < 4.78 is 0. The lowest BCUT2D eigenvalue weighted by Crippen LogP contribution is -2.03. The fraction of sp³-hybridized carbons (Fsp3) is 0.455. The lowest BCUT2D eigenvalue weighted by Gasteiger charge is -2.00. The minimum Gasteiger partial charge on any atom is -0.362 e. The molecule has 2 aromatic heterocycles. The molecule has 0 aliphatic heterocycles. The SMILES string of the molecule is CCc1csc(NCCCc2ncc[nH]2)n1. The third-order valence-electron chi connectivity index (χ3n) is 2.34. The molecule has 5 heteroatoms. The van der Waals surface area contributed by atoms with Gasteiger partial charge in [0.2, 0.25) is 0 Å². The maximum atomic E-state index is 4.45. The summed E-state index contributed by atoms with van der Waals surface area (Å²) in [5.74, 6) is 1.05. The second-order valence-electron chi connectivity index (χ2n) is 3.56. The first kappa shape index (κ1) is 11.1. The zero-order valence-electron chi connectivity index (χ0n) is 9.36. The number of aromatic nitrogens is 3. The van der Waals surface area contributed by atoms with Gasteiger partial charge in [-0.2, -0.15) is 0 Å². The van der Waals surface area contributed by atoms with E-state index in [0.717, 1.165) is 36.8 Å². The van der Waals surface area contributed by atoms with Crippen molar-refractivity contribution in [3.63, 3.8) is 0 Å². The van der Waals surface area contributed by atoms with E-state index >= 15 is 0 Å². The number of nitrogens with zero attached hydrogens (tertiary/aromatic N) is 2. The molecule has 0 saturated heterocycles. The topological polar surface area (TPSA) is 53.6 Å². The van der Waals surface area contributed by atoms with Gasteiger partial charge in [-0.25, -0.2) is 9.97 Å². The molecule has 0 bridgehead atoms. The molecule has 86 valence electrons. The number of nitrogens with one attached hydrogen (secondary N) is 2. The Kier molecular flexibility index (Phi) is 3.93. The lowest BCUT2D eigenvalue weighted by atomic mass is 10.3. The van der Waals surface area contributed by atoms with Crippen LogP contribution in [0.25, 0.3) is 0 Å². The van der Waals surface area contributed by atoms with Gasteiger partial charge in [-0.3, -0.25) is 0 Å². The number of aryl methyl sites for hydroxylation is 2. The van der Waals surface area contributed by atoms with Gasteiger partial charge in [-0.1, -0.05) is 6.92 Å². The molecule has 0 amide bonds. The van der Waals surface area contributed by atoms with E-state index in [1.54, 1.807) is 17.5 Å². The largest absolute Gasteiger partial charge is 0.362 e. The molecule has 2 N–H and O–H groups in total. The molecular formula is C11H16N4S. The van der Waals surface area contributed by atoms with Gasteiger partial charge >= 0.3 is 0 Å². The van der Waals surface area contributed by atoms with Crippen molar-refractivity contribution >= 4 is 16.5 Å². The van der Waals surface area contributed by atoms with Crippen molar-refractivity contribution in [1.29, 1.82) is 0 Å². The van der Waals surface area contributed by atoms with E-state index in [2.05, 4.69) is 32.6 Å². The monoisotopic (exact) mass is 236 g/mol. The van der Waals surface area contributed by atoms with E-state index < -0.39 is 0 Å².